The Morgan fingerprint density at radius 2 is 2.05 bits per heavy atom. The van der Waals surface area contributed by atoms with E-state index < -0.39 is 0 Å². The lowest BCUT2D eigenvalue weighted by atomic mass is 9.92. The molecule has 0 aromatic heterocycles. The first-order valence-electron chi connectivity index (χ1n) is 6.94. The van der Waals surface area contributed by atoms with E-state index in [1.54, 1.807) is 0 Å². The lowest BCUT2D eigenvalue weighted by molar-refractivity contribution is 0.0449. The number of nitrogens with zero attached hydrogens (tertiary/aromatic N) is 2. The monoisotopic (exact) mass is 260 g/mol. The molecule has 4 heteroatoms. The lowest BCUT2D eigenvalue weighted by Gasteiger charge is -2.44. The molecule has 1 unspecified atom stereocenters. The fourth-order valence-corrected chi connectivity index (χ4v) is 3.12. The summed E-state index contributed by atoms with van der Waals surface area (Å²) < 4.78 is 5.25. The summed E-state index contributed by atoms with van der Waals surface area (Å²) >= 11 is 0. The van der Waals surface area contributed by atoms with Crippen LogP contribution in [0.4, 0.5) is 4.79 Å². The predicted molar refractivity (Wildman–Crippen MR) is 72.8 cm³/mol. The maximum Gasteiger partial charge on any atom is 0.410 e. The molecule has 0 radical (unpaired) electrons. The van der Waals surface area contributed by atoms with Crippen LogP contribution in [0.1, 0.15) is 18.9 Å². The summed E-state index contributed by atoms with van der Waals surface area (Å²) in [5.41, 5.74) is 1.22. The first-order chi connectivity index (χ1) is 9.23. The summed E-state index contributed by atoms with van der Waals surface area (Å²) in [5.74, 6) is 0. The van der Waals surface area contributed by atoms with E-state index in [9.17, 15) is 4.79 Å². The molecule has 3 rings (SSSR count). The number of rotatable bonds is 3. The van der Waals surface area contributed by atoms with Crippen LogP contribution in [-0.4, -0.2) is 47.7 Å². The van der Waals surface area contributed by atoms with E-state index in [-0.39, 0.29) is 11.6 Å². The Labute approximate surface area is 113 Å². The van der Waals surface area contributed by atoms with Gasteiger partial charge in [-0.05, 0) is 12.0 Å². The summed E-state index contributed by atoms with van der Waals surface area (Å²) in [6.07, 6.45) is 0.811. The zero-order valence-electron chi connectivity index (χ0n) is 11.3. The zero-order chi connectivity index (χ0) is 13.3. The fraction of sp³-hybridized carbons (Fsp3) is 0.533. The third-order valence-corrected chi connectivity index (χ3v) is 4.32. The molecule has 2 fully saturated rings. The minimum Gasteiger partial charge on any atom is -0.447 e. The first kappa shape index (κ1) is 12.5. The van der Waals surface area contributed by atoms with E-state index in [0.29, 0.717) is 6.61 Å². The van der Waals surface area contributed by atoms with Crippen LogP contribution in [0, 0.1) is 0 Å². The Morgan fingerprint density at radius 3 is 2.79 bits per heavy atom. The smallest absolute Gasteiger partial charge is 0.410 e. The number of hydrogen-bond donors (Lipinski definition) is 0. The number of ether oxygens (including phenoxy) is 1. The van der Waals surface area contributed by atoms with Crippen molar-refractivity contribution < 1.29 is 9.53 Å². The molecule has 0 N–H and O–H groups in total. The van der Waals surface area contributed by atoms with Gasteiger partial charge in [0.1, 0.15) is 6.61 Å². The summed E-state index contributed by atoms with van der Waals surface area (Å²) in [7, 11) is 0. The van der Waals surface area contributed by atoms with E-state index in [0.717, 1.165) is 32.6 Å². The van der Waals surface area contributed by atoms with E-state index in [2.05, 4.69) is 36.1 Å². The lowest BCUT2D eigenvalue weighted by Crippen LogP contribution is -2.60. The van der Waals surface area contributed by atoms with Gasteiger partial charge in [-0.25, -0.2) is 4.79 Å². The summed E-state index contributed by atoms with van der Waals surface area (Å²) in [6.45, 7) is 6.23. The Kier molecular flexibility index (Phi) is 3.19. The highest BCUT2D eigenvalue weighted by molar-refractivity contribution is 5.71. The number of fused-ring (bicyclic) bond motifs is 1. The van der Waals surface area contributed by atoms with Gasteiger partial charge in [-0.15, -0.1) is 0 Å². The van der Waals surface area contributed by atoms with Crippen molar-refractivity contribution in [2.24, 2.45) is 0 Å². The SMILES string of the molecule is CCC12COC(=O)N1CCN(Cc1ccccc1)C2. The minimum atomic E-state index is -0.138. The average Bonchev–Trinajstić information content (AvgIpc) is 2.78. The summed E-state index contributed by atoms with van der Waals surface area (Å²) in [4.78, 5) is 16.1. The quantitative estimate of drug-likeness (QED) is 0.834. The van der Waals surface area contributed by atoms with Crippen molar-refractivity contribution in [3.63, 3.8) is 0 Å². The fourth-order valence-electron chi connectivity index (χ4n) is 3.12. The van der Waals surface area contributed by atoms with Gasteiger partial charge in [0.25, 0.3) is 0 Å². The van der Waals surface area contributed by atoms with Crippen LogP contribution >= 0.6 is 0 Å². The maximum absolute atomic E-state index is 11.7. The molecular weight excluding hydrogens is 240 g/mol. The molecule has 2 heterocycles. The van der Waals surface area contributed by atoms with Crippen molar-refractivity contribution in [1.29, 1.82) is 0 Å². The highest BCUT2D eigenvalue weighted by Gasteiger charge is 2.49. The van der Waals surface area contributed by atoms with E-state index in [1.165, 1.54) is 5.56 Å². The van der Waals surface area contributed by atoms with Crippen molar-refractivity contribution in [2.45, 2.75) is 25.4 Å². The first-order valence-corrected chi connectivity index (χ1v) is 6.94. The molecule has 2 aliphatic heterocycles. The molecule has 0 saturated carbocycles. The molecule has 2 aliphatic rings. The van der Waals surface area contributed by atoms with Crippen LogP contribution in [0.25, 0.3) is 0 Å². The third kappa shape index (κ3) is 2.21. The largest absolute Gasteiger partial charge is 0.447 e. The third-order valence-electron chi connectivity index (χ3n) is 4.32. The molecule has 4 nitrogen and oxygen atoms in total. The standard InChI is InChI=1S/C15H20N2O2/c1-2-15-11-16(10-13-6-4-3-5-7-13)8-9-17(15)14(18)19-12-15/h3-7H,2,8-12H2,1H3. The van der Waals surface area contributed by atoms with Gasteiger partial charge in [-0.2, -0.15) is 0 Å². The number of cyclic esters (lactones) is 1. The molecule has 0 bridgehead atoms. The van der Waals surface area contributed by atoms with Gasteiger partial charge in [0.15, 0.2) is 0 Å². The Morgan fingerprint density at radius 1 is 1.26 bits per heavy atom. The van der Waals surface area contributed by atoms with Crippen LogP contribution in [0.15, 0.2) is 30.3 Å². The molecule has 1 aromatic carbocycles. The number of amides is 1. The second kappa shape index (κ2) is 4.85. The van der Waals surface area contributed by atoms with Crippen molar-refractivity contribution >= 4 is 6.09 Å². The van der Waals surface area contributed by atoms with E-state index >= 15 is 0 Å². The Balaban J connectivity index is 1.72. The number of carbonyl (C=O) groups excluding carboxylic acids is 1. The van der Waals surface area contributed by atoms with Gasteiger partial charge in [0, 0.05) is 26.2 Å². The molecule has 0 aliphatic carbocycles. The molecule has 1 atom stereocenters. The summed E-state index contributed by atoms with van der Waals surface area (Å²) in [5, 5.41) is 0. The summed E-state index contributed by atoms with van der Waals surface area (Å²) in [6, 6.07) is 10.5. The van der Waals surface area contributed by atoms with Crippen molar-refractivity contribution in [3.8, 4) is 0 Å². The zero-order valence-corrected chi connectivity index (χ0v) is 11.3. The normalized spacial score (nSPS) is 27.2. The van der Waals surface area contributed by atoms with Gasteiger partial charge < -0.3 is 4.74 Å². The number of carbonyl (C=O) groups is 1. The van der Waals surface area contributed by atoms with Crippen molar-refractivity contribution in [1.82, 2.24) is 9.80 Å². The van der Waals surface area contributed by atoms with Gasteiger partial charge in [0.05, 0.1) is 5.54 Å². The van der Waals surface area contributed by atoms with Crippen molar-refractivity contribution in [2.75, 3.05) is 26.2 Å². The highest BCUT2D eigenvalue weighted by atomic mass is 16.6. The Hall–Kier alpha value is -1.55. The second-order valence-electron chi connectivity index (χ2n) is 5.48. The van der Waals surface area contributed by atoms with Gasteiger partial charge in [0.2, 0.25) is 0 Å². The molecule has 2 saturated heterocycles. The number of hydrogen-bond acceptors (Lipinski definition) is 3. The second-order valence-corrected chi connectivity index (χ2v) is 5.48. The number of piperazine rings is 1. The predicted octanol–water partition coefficient (Wildman–Crippen LogP) is 2.10. The minimum absolute atomic E-state index is 0.107. The van der Waals surface area contributed by atoms with Crippen LogP contribution in [-0.2, 0) is 11.3 Å². The molecule has 1 aromatic rings. The molecular formula is C15H20N2O2. The molecule has 102 valence electrons. The average molecular weight is 260 g/mol. The van der Waals surface area contributed by atoms with Gasteiger partial charge in [-0.1, -0.05) is 37.3 Å². The van der Waals surface area contributed by atoms with Crippen LogP contribution in [0.2, 0.25) is 0 Å². The van der Waals surface area contributed by atoms with E-state index in [1.807, 2.05) is 11.0 Å². The van der Waals surface area contributed by atoms with Crippen LogP contribution in [0.3, 0.4) is 0 Å². The van der Waals surface area contributed by atoms with E-state index in [4.69, 9.17) is 4.74 Å². The van der Waals surface area contributed by atoms with Gasteiger partial charge in [-0.3, -0.25) is 9.80 Å². The van der Waals surface area contributed by atoms with Crippen LogP contribution < -0.4 is 0 Å². The topological polar surface area (TPSA) is 32.8 Å². The highest BCUT2D eigenvalue weighted by Crippen LogP contribution is 2.32. The Bertz CT molecular complexity index is 462. The number of benzene rings is 1. The van der Waals surface area contributed by atoms with Gasteiger partial charge >= 0.3 is 6.09 Å². The molecule has 1 amide bonds. The molecule has 19 heavy (non-hydrogen) atoms. The maximum atomic E-state index is 11.7. The van der Waals surface area contributed by atoms with Crippen molar-refractivity contribution in [3.05, 3.63) is 35.9 Å². The van der Waals surface area contributed by atoms with Crippen LogP contribution in [0.5, 0.6) is 0 Å². The molecule has 0 spiro atoms.